The van der Waals surface area contributed by atoms with E-state index in [1.165, 1.54) is 41.7 Å². The van der Waals surface area contributed by atoms with Crippen LogP contribution in [-0.2, 0) is 20.4 Å². The molecule has 7 nitrogen and oxygen atoms in total. The summed E-state index contributed by atoms with van der Waals surface area (Å²) in [6.45, 7) is 1.37. The Bertz CT molecular complexity index is 1100. The average Bonchev–Trinajstić information content (AvgIpc) is 2.54. The summed E-state index contributed by atoms with van der Waals surface area (Å²) in [5.41, 5.74) is 0.744. The number of nitrogens with one attached hydrogen (secondary N) is 1. The minimum absolute atomic E-state index is 0.0941. The van der Waals surface area contributed by atoms with E-state index in [0.717, 1.165) is 0 Å². The highest BCUT2D eigenvalue weighted by molar-refractivity contribution is 7.90. The van der Waals surface area contributed by atoms with Crippen LogP contribution in [0.2, 0.25) is 0 Å². The van der Waals surface area contributed by atoms with Crippen LogP contribution in [0.4, 0.5) is 5.69 Å². The SMILES string of the molecule is CC(=O)Nc1ccc(S(=O)(=O)Cc2cc(=O)n3ccccc3n2)cc1. The number of hydrogen-bond donors (Lipinski definition) is 1. The quantitative estimate of drug-likeness (QED) is 0.765. The number of carbonyl (C=O) groups excluding carboxylic acids is 1. The summed E-state index contributed by atoms with van der Waals surface area (Å²) in [7, 11) is -3.67. The van der Waals surface area contributed by atoms with E-state index >= 15 is 0 Å². The van der Waals surface area contributed by atoms with E-state index in [-0.39, 0.29) is 27.8 Å². The molecule has 0 aliphatic rings. The van der Waals surface area contributed by atoms with Crippen molar-refractivity contribution in [1.82, 2.24) is 9.38 Å². The molecule has 0 aliphatic heterocycles. The molecular formula is C17H15N3O4S. The Labute approximate surface area is 143 Å². The second kappa shape index (κ2) is 6.48. The van der Waals surface area contributed by atoms with Crippen molar-refractivity contribution >= 4 is 27.1 Å². The largest absolute Gasteiger partial charge is 0.326 e. The van der Waals surface area contributed by atoms with Crippen LogP contribution in [0.3, 0.4) is 0 Å². The zero-order valence-electron chi connectivity index (χ0n) is 13.3. The van der Waals surface area contributed by atoms with Crippen LogP contribution >= 0.6 is 0 Å². The van der Waals surface area contributed by atoms with Gasteiger partial charge in [0.05, 0.1) is 16.3 Å². The van der Waals surface area contributed by atoms with Gasteiger partial charge in [0, 0.05) is 24.9 Å². The van der Waals surface area contributed by atoms with Crippen molar-refractivity contribution in [3.05, 3.63) is 70.8 Å². The number of anilines is 1. The Morgan fingerprint density at radius 1 is 1.16 bits per heavy atom. The molecule has 0 radical (unpaired) electrons. The maximum absolute atomic E-state index is 12.5. The van der Waals surface area contributed by atoms with E-state index in [1.54, 1.807) is 24.4 Å². The van der Waals surface area contributed by atoms with Crippen molar-refractivity contribution in [3.8, 4) is 0 Å². The summed E-state index contributed by atoms with van der Waals surface area (Å²) in [5, 5.41) is 2.57. The van der Waals surface area contributed by atoms with Crippen LogP contribution in [0.15, 0.2) is 64.4 Å². The third-order valence-corrected chi connectivity index (χ3v) is 5.16. The van der Waals surface area contributed by atoms with Gasteiger partial charge in [-0.2, -0.15) is 0 Å². The van der Waals surface area contributed by atoms with Crippen molar-refractivity contribution in [2.24, 2.45) is 0 Å². The van der Waals surface area contributed by atoms with E-state index in [0.29, 0.717) is 11.3 Å². The number of nitrogens with zero attached hydrogens (tertiary/aromatic N) is 2. The fraction of sp³-hybridized carbons (Fsp3) is 0.118. The lowest BCUT2D eigenvalue weighted by Crippen LogP contribution is -2.17. The van der Waals surface area contributed by atoms with Gasteiger partial charge in [0.2, 0.25) is 5.91 Å². The zero-order valence-corrected chi connectivity index (χ0v) is 14.2. The van der Waals surface area contributed by atoms with E-state index in [9.17, 15) is 18.0 Å². The number of hydrogen-bond acceptors (Lipinski definition) is 5. The third-order valence-electron chi connectivity index (χ3n) is 3.50. The molecule has 3 aromatic rings. The molecule has 1 aromatic carbocycles. The molecule has 1 amide bonds. The van der Waals surface area contributed by atoms with Crippen molar-refractivity contribution in [1.29, 1.82) is 0 Å². The van der Waals surface area contributed by atoms with Crippen LogP contribution < -0.4 is 10.9 Å². The molecule has 0 fully saturated rings. The first-order chi connectivity index (χ1) is 11.8. The monoisotopic (exact) mass is 357 g/mol. The molecule has 1 N–H and O–H groups in total. The number of rotatable bonds is 4. The van der Waals surface area contributed by atoms with Crippen LogP contribution in [0.5, 0.6) is 0 Å². The van der Waals surface area contributed by atoms with E-state index in [2.05, 4.69) is 10.3 Å². The summed E-state index contributed by atoms with van der Waals surface area (Å²) in [6, 6.07) is 12.1. The van der Waals surface area contributed by atoms with E-state index < -0.39 is 9.84 Å². The van der Waals surface area contributed by atoms with Crippen LogP contribution in [0.1, 0.15) is 12.6 Å². The molecule has 128 valence electrons. The lowest BCUT2D eigenvalue weighted by atomic mass is 10.3. The van der Waals surface area contributed by atoms with Gasteiger partial charge in [-0.1, -0.05) is 6.07 Å². The van der Waals surface area contributed by atoms with Gasteiger partial charge in [-0.05, 0) is 36.4 Å². The molecule has 0 aliphatic carbocycles. The molecule has 0 spiro atoms. The number of carbonyl (C=O) groups is 1. The smallest absolute Gasteiger partial charge is 0.258 e. The highest BCUT2D eigenvalue weighted by Crippen LogP contribution is 2.18. The van der Waals surface area contributed by atoms with Crippen molar-refractivity contribution in [3.63, 3.8) is 0 Å². The van der Waals surface area contributed by atoms with Gasteiger partial charge in [0.25, 0.3) is 5.56 Å². The average molecular weight is 357 g/mol. The molecule has 0 unspecified atom stereocenters. The van der Waals surface area contributed by atoms with E-state index in [4.69, 9.17) is 0 Å². The maximum atomic E-state index is 12.5. The molecule has 0 atom stereocenters. The van der Waals surface area contributed by atoms with Gasteiger partial charge in [-0.25, -0.2) is 13.4 Å². The van der Waals surface area contributed by atoms with Gasteiger partial charge < -0.3 is 5.32 Å². The first-order valence-corrected chi connectivity index (χ1v) is 9.08. The molecular weight excluding hydrogens is 342 g/mol. The standard InChI is InChI=1S/C17H15N3O4S/c1-12(21)18-13-5-7-15(8-6-13)25(23,24)11-14-10-17(22)20-9-3-2-4-16(20)19-14/h2-10H,11H2,1H3,(H,18,21). The van der Waals surface area contributed by atoms with Crippen LogP contribution in [-0.4, -0.2) is 23.7 Å². The molecule has 3 rings (SSSR count). The normalized spacial score (nSPS) is 11.4. The van der Waals surface area contributed by atoms with Gasteiger partial charge in [-0.3, -0.25) is 14.0 Å². The highest BCUT2D eigenvalue weighted by atomic mass is 32.2. The summed E-state index contributed by atoms with van der Waals surface area (Å²) >= 11 is 0. The molecule has 25 heavy (non-hydrogen) atoms. The van der Waals surface area contributed by atoms with Gasteiger partial charge in [0.1, 0.15) is 5.65 Å². The Morgan fingerprint density at radius 2 is 1.88 bits per heavy atom. The predicted octanol–water partition coefficient (Wildman–Crippen LogP) is 1.63. The Morgan fingerprint density at radius 3 is 2.56 bits per heavy atom. The Balaban J connectivity index is 1.91. The van der Waals surface area contributed by atoms with Gasteiger partial charge in [-0.15, -0.1) is 0 Å². The lowest BCUT2D eigenvalue weighted by Gasteiger charge is -2.07. The fourth-order valence-electron chi connectivity index (χ4n) is 2.40. The molecule has 0 bridgehead atoms. The molecule has 0 saturated heterocycles. The van der Waals surface area contributed by atoms with Crippen molar-refractivity contribution in [2.75, 3.05) is 5.32 Å². The topological polar surface area (TPSA) is 97.6 Å². The molecule has 2 aromatic heterocycles. The molecule has 2 heterocycles. The summed E-state index contributed by atoms with van der Waals surface area (Å²) in [6.07, 6.45) is 1.57. The predicted molar refractivity (Wildman–Crippen MR) is 93.1 cm³/mol. The van der Waals surface area contributed by atoms with Crippen molar-refractivity contribution < 1.29 is 13.2 Å². The van der Waals surface area contributed by atoms with E-state index in [1.807, 2.05) is 0 Å². The second-order valence-corrected chi connectivity index (χ2v) is 7.47. The highest BCUT2D eigenvalue weighted by Gasteiger charge is 2.17. The van der Waals surface area contributed by atoms with Crippen LogP contribution in [0.25, 0.3) is 5.65 Å². The Kier molecular flexibility index (Phi) is 4.37. The number of fused-ring (bicyclic) bond motifs is 1. The lowest BCUT2D eigenvalue weighted by molar-refractivity contribution is -0.114. The summed E-state index contributed by atoms with van der Waals surface area (Å²) in [4.78, 5) is 27.4. The minimum atomic E-state index is -3.67. The zero-order chi connectivity index (χ0) is 18.0. The molecule has 8 heteroatoms. The Hall–Kier alpha value is -3.00. The number of benzene rings is 1. The van der Waals surface area contributed by atoms with Crippen molar-refractivity contribution in [2.45, 2.75) is 17.6 Å². The maximum Gasteiger partial charge on any atom is 0.258 e. The second-order valence-electron chi connectivity index (χ2n) is 5.48. The third kappa shape index (κ3) is 3.74. The number of pyridine rings is 1. The van der Waals surface area contributed by atoms with Crippen LogP contribution in [0, 0.1) is 0 Å². The molecule has 0 saturated carbocycles. The first kappa shape index (κ1) is 16.8. The minimum Gasteiger partial charge on any atom is -0.326 e. The fourth-order valence-corrected chi connectivity index (χ4v) is 3.66. The number of sulfone groups is 1. The van der Waals surface area contributed by atoms with Gasteiger partial charge >= 0.3 is 0 Å². The first-order valence-electron chi connectivity index (χ1n) is 7.43. The summed E-state index contributed by atoms with van der Waals surface area (Å²) in [5.74, 6) is -0.621. The summed E-state index contributed by atoms with van der Waals surface area (Å²) < 4.78 is 26.4. The number of aromatic nitrogens is 2. The van der Waals surface area contributed by atoms with Gasteiger partial charge in [0.15, 0.2) is 9.84 Å². The number of amides is 1.